The van der Waals surface area contributed by atoms with Crippen molar-refractivity contribution in [1.82, 2.24) is 0 Å². The lowest BCUT2D eigenvalue weighted by Gasteiger charge is -2.28. The van der Waals surface area contributed by atoms with Crippen molar-refractivity contribution in [1.29, 1.82) is 0 Å². The molecule has 1 atom stereocenters. The van der Waals surface area contributed by atoms with Gasteiger partial charge in [-0.1, -0.05) is 59.7 Å². The van der Waals surface area contributed by atoms with Crippen LogP contribution in [0.2, 0.25) is 0 Å². The Morgan fingerprint density at radius 2 is 1.54 bits per heavy atom. The van der Waals surface area contributed by atoms with Crippen LogP contribution in [-0.4, -0.2) is 16.7 Å². The van der Waals surface area contributed by atoms with Gasteiger partial charge in [0.2, 0.25) is 0 Å². The van der Waals surface area contributed by atoms with Gasteiger partial charge in [-0.15, -0.1) is 0 Å². The quantitative estimate of drug-likeness (QED) is 0.575. The largest absolute Gasteiger partial charge is 0.479 e. The van der Waals surface area contributed by atoms with Gasteiger partial charge in [0.15, 0.2) is 6.10 Å². The zero-order valence-electron chi connectivity index (χ0n) is 17.5. The minimum Gasteiger partial charge on any atom is -0.479 e. The van der Waals surface area contributed by atoms with Crippen LogP contribution in [-0.2, 0) is 9.53 Å². The summed E-state index contributed by atoms with van der Waals surface area (Å²) in [6, 6.07) is 16.6. The summed E-state index contributed by atoms with van der Waals surface area (Å²) in [7, 11) is 0. The highest BCUT2D eigenvalue weighted by atomic mass is 16.5. The second-order valence-electron chi connectivity index (χ2n) is 8.52. The van der Waals surface area contributed by atoms with Crippen LogP contribution < -0.4 is 0 Å². The molecule has 0 bridgehead atoms. The number of rotatable bonds is 4. The Morgan fingerprint density at radius 3 is 2.11 bits per heavy atom. The number of fused-ring (bicyclic) bond motifs is 1. The van der Waals surface area contributed by atoms with Crippen molar-refractivity contribution >= 4 is 16.7 Å². The van der Waals surface area contributed by atoms with E-state index in [0.29, 0.717) is 0 Å². The standard InChI is InChI=1S/C25H28O3/c1-15-7-10-18(11-8-15)22-20-12-9-16(2)13-19(20)14-17(3)21(22)23(24(26)27)28-25(4,5)6/h7-14,23H,1-6H3,(H,26,27). The summed E-state index contributed by atoms with van der Waals surface area (Å²) in [5, 5.41) is 12.2. The maximum atomic E-state index is 12.2. The predicted molar refractivity (Wildman–Crippen MR) is 115 cm³/mol. The number of hydrogen-bond donors (Lipinski definition) is 1. The van der Waals surface area contributed by atoms with Crippen LogP contribution in [0.25, 0.3) is 21.9 Å². The summed E-state index contributed by atoms with van der Waals surface area (Å²) in [4.78, 5) is 12.2. The first kappa shape index (κ1) is 20.1. The molecule has 1 N–H and O–H groups in total. The Kier molecular flexibility index (Phi) is 5.31. The lowest BCUT2D eigenvalue weighted by molar-refractivity contribution is -0.160. The zero-order valence-corrected chi connectivity index (χ0v) is 17.5. The van der Waals surface area contributed by atoms with E-state index >= 15 is 0 Å². The highest BCUT2D eigenvalue weighted by molar-refractivity contribution is 6.01. The minimum atomic E-state index is -1.04. The maximum Gasteiger partial charge on any atom is 0.337 e. The van der Waals surface area contributed by atoms with E-state index in [1.54, 1.807) is 0 Å². The molecule has 0 aliphatic heterocycles. The summed E-state index contributed by atoms with van der Waals surface area (Å²) in [5.41, 5.74) is 5.35. The Hall–Kier alpha value is -2.65. The van der Waals surface area contributed by atoms with E-state index in [2.05, 4.69) is 55.5 Å². The molecule has 1 unspecified atom stereocenters. The summed E-state index contributed by atoms with van der Waals surface area (Å²) in [6.45, 7) is 11.7. The fourth-order valence-corrected chi connectivity index (χ4v) is 3.64. The van der Waals surface area contributed by atoms with Crippen LogP contribution in [0.15, 0.2) is 48.5 Å². The molecular formula is C25H28O3. The van der Waals surface area contributed by atoms with Crippen molar-refractivity contribution in [2.45, 2.75) is 53.2 Å². The molecular weight excluding hydrogens is 348 g/mol. The fourth-order valence-electron chi connectivity index (χ4n) is 3.64. The first-order chi connectivity index (χ1) is 13.1. The van der Waals surface area contributed by atoms with Gasteiger partial charge in [-0.05, 0) is 69.0 Å². The summed E-state index contributed by atoms with van der Waals surface area (Å²) in [5.74, 6) is -0.974. The van der Waals surface area contributed by atoms with E-state index in [-0.39, 0.29) is 0 Å². The Balaban J connectivity index is 2.39. The molecule has 0 fully saturated rings. The summed E-state index contributed by atoms with van der Waals surface area (Å²) in [6.07, 6.45) is -1.04. The van der Waals surface area contributed by atoms with E-state index in [1.807, 2.05) is 34.6 Å². The number of ether oxygens (including phenoxy) is 1. The second-order valence-corrected chi connectivity index (χ2v) is 8.52. The van der Waals surface area contributed by atoms with Gasteiger partial charge in [-0.25, -0.2) is 4.79 Å². The van der Waals surface area contributed by atoms with E-state index in [0.717, 1.165) is 33.0 Å². The van der Waals surface area contributed by atoms with Gasteiger partial charge in [0.1, 0.15) is 0 Å². The minimum absolute atomic E-state index is 0.581. The molecule has 0 amide bonds. The van der Waals surface area contributed by atoms with Crippen molar-refractivity contribution in [3.05, 3.63) is 70.8 Å². The highest BCUT2D eigenvalue weighted by Crippen LogP contribution is 2.40. The molecule has 3 nitrogen and oxygen atoms in total. The van der Waals surface area contributed by atoms with Crippen LogP contribution in [0.1, 0.15) is 49.1 Å². The molecule has 3 heteroatoms. The third-order valence-corrected chi connectivity index (χ3v) is 4.84. The van der Waals surface area contributed by atoms with Gasteiger partial charge >= 0.3 is 5.97 Å². The van der Waals surface area contributed by atoms with Crippen molar-refractivity contribution in [3.63, 3.8) is 0 Å². The van der Waals surface area contributed by atoms with Crippen LogP contribution in [0, 0.1) is 20.8 Å². The number of aliphatic carboxylic acids is 1. The van der Waals surface area contributed by atoms with Gasteiger partial charge in [0.05, 0.1) is 5.60 Å². The molecule has 3 rings (SSSR count). The molecule has 0 heterocycles. The van der Waals surface area contributed by atoms with Crippen LogP contribution >= 0.6 is 0 Å². The van der Waals surface area contributed by atoms with E-state index < -0.39 is 17.7 Å². The van der Waals surface area contributed by atoms with E-state index in [9.17, 15) is 9.90 Å². The maximum absolute atomic E-state index is 12.2. The molecule has 0 saturated heterocycles. The molecule has 0 aliphatic carbocycles. The first-order valence-corrected chi connectivity index (χ1v) is 9.58. The molecule has 0 saturated carbocycles. The number of aryl methyl sites for hydroxylation is 3. The summed E-state index contributed by atoms with van der Waals surface area (Å²) < 4.78 is 6.03. The smallest absolute Gasteiger partial charge is 0.337 e. The van der Waals surface area contributed by atoms with Crippen molar-refractivity contribution < 1.29 is 14.6 Å². The molecule has 0 radical (unpaired) electrons. The third-order valence-electron chi connectivity index (χ3n) is 4.84. The third kappa shape index (κ3) is 4.10. The van der Waals surface area contributed by atoms with Gasteiger partial charge in [0, 0.05) is 5.56 Å². The Bertz CT molecular complexity index is 1020. The molecule has 0 aliphatic rings. The molecule has 0 aromatic heterocycles. The van der Waals surface area contributed by atoms with E-state index in [1.165, 1.54) is 11.1 Å². The van der Waals surface area contributed by atoms with Gasteiger partial charge in [-0.2, -0.15) is 0 Å². The lowest BCUT2D eigenvalue weighted by Crippen LogP contribution is -2.28. The first-order valence-electron chi connectivity index (χ1n) is 9.58. The van der Waals surface area contributed by atoms with Gasteiger partial charge in [0.25, 0.3) is 0 Å². The van der Waals surface area contributed by atoms with Crippen LogP contribution in [0.5, 0.6) is 0 Å². The number of benzene rings is 3. The molecule has 146 valence electrons. The van der Waals surface area contributed by atoms with Crippen molar-refractivity contribution in [2.75, 3.05) is 0 Å². The highest BCUT2D eigenvalue weighted by Gasteiger charge is 2.31. The predicted octanol–water partition coefficient (Wildman–Crippen LogP) is 6.37. The summed E-state index contributed by atoms with van der Waals surface area (Å²) >= 11 is 0. The molecule has 3 aromatic carbocycles. The Morgan fingerprint density at radius 1 is 0.929 bits per heavy atom. The zero-order chi connectivity index (χ0) is 20.6. The Labute approximate surface area is 167 Å². The lowest BCUT2D eigenvalue weighted by atomic mass is 9.86. The normalized spacial score (nSPS) is 12.9. The number of carbonyl (C=O) groups is 1. The second kappa shape index (κ2) is 7.40. The van der Waals surface area contributed by atoms with Crippen LogP contribution in [0.4, 0.5) is 0 Å². The topological polar surface area (TPSA) is 46.5 Å². The monoisotopic (exact) mass is 376 g/mol. The fraction of sp³-hybridized carbons (Fsp3) is 0.320. The average molecular weight is 376 g/mol. The van der Waals surface area contributed by atoms with E-state index in [4.69, 9.17) is 4.74 Å². The van der Waals surface area contributed by atoms with Gasteiger partial charge < -0.3 is 9.84 Å². The molecule has 28 heavy (non-hydrogen) atoms. The van der Waals surface area contributed by atoms with Gasteiger partial charge in [-0.3, -0.25) is 0 Å². The molecule has 3 aromatic rings. The van der Waals surface area contributed by atoms with Crippen LogP contribution in [0.3, 0.4) is 0 Å². The SMILES string of the molecule is Cc1ccc(-c2c(C(OC(C)(C)C)C(=O)O)c(C)cc3cc(C)ccc23)cc1. The molecule has 0 spiro atoms. The van der Waals surface area contributed by atoms with Crippen molar-refractivity contribution in [3.8, 4) is 11.1 Å². The number of carboxylic acids is 1. The van der Waals surface area contributed by atoms with Crippen molar-refractivity contribution in [2.24, 2.45) is 0 Å². The number of hydrogen-bond acceptors (Lipinski definition) is 2. The average Bonchev–Trinajstić information content (AvgIpc) is 2.58. The number of carboxylic acid groups (broad SMARTS) is 1.